The van der Waals surface area contributed by atoms with Crippen molar-refractivity contribution in [1.82, 2.24) is 4.90 Å². The van der Waals surface area contributed by atoms with Gasteiger partial charge in [0.25, 0.3) is 0 Å². The Morgan fingerprint density at radius 3 is 2.47 bits per heavy atom. The molecule has 0 saturated carbocycles. The second-order valence-corrected chi connectivity index (χ2v) is 5.75. The van der Waals surface area contributed by atoms with Crippen LogP contribution >= 0.6 is 11.8 Å². The maximum Gasteiger partial charge on any atom is 0.161 e. The van der Waals surface area contributed by atoms with E-state index >= 15 is 0 Å². The number of benzene rings is 1. The lowest BCUT2D eigenvalue weighted by Crippen LogP contribution is -2.17. The highest BCUT2D eigenvalue weighted by Gasteiger charge is 2.10. The molecule has 0 aliphatic carbocycles. The van der Waals surface area contributed by atoms with Crippen LogP contribution in [0, 0.1) is 0 Å². The summed E-state index contributed by atoms with van der Waals surface area (Å²) >= 11 is 1.87. The van der Waals surface area contributed by atoms with Gasteiger partial charge in [-0.3, -0.25) is 0 Å². The van der Waals surface area contributed by atoms with Gasteiger partial charge in [0.15, 0.2) is 11.5 Å². The molecule has 108 valence electrons. The van der Waals surface area contributed by atoms with Crippen LogP contribution < -0.4 is 15.2 Å². The van der Waals surface area contributed by atoms with Crippen LogP contribution in [0.15, 0.2) is 18.2 Å². The van der Waals surface area contributed by atoms with E-state index in [1.807, 2.05) is 30.0 Å². The molecule has 1 unspecified atom stereocenters. The first-order chi connectivity index (χ1) is 9.08. The van der Waals surface area contributed by atoms with Gasteiger partial charge in [-0.15, -0.1) is 0 Å². The van der Waals surface area contributed by atoms with E-state index in [4.69, 9.17) is 15.2 Å². The van der Waals surface area contributed by atoms with Gasteiger partial charge >= 0.3 is 0 Å². The molecule has 1 aromatic carbocycles. The Kier molecular flexibility index (Phi) is 7.05. The number of thioether (sulfide) groups is 1. The highest BCUT2D eigenvalue weighted by atomic mass is 32.2. The van der Waals surface area contributed by atoms with E-state index < -0.39 is 0 Å². The third-order valence-corrected chi connectivity index (χ3v) is 3.88. The van der Waals surface area contributed by atoms with E-state index in [1.54, 1.807) is 14.2 Å². The topological polar surface area (TPSA) is 47.7 Å². The summed E-state index contributed by atoms with van der Waals surface area (Å²) in [7, 11) is 7.43. The first-order valence-electron chi connectivity index (χ1n) is 6.28. The molecule has 4 nitrogen and oxygen atoms in total. The SMILES string of the molecule is COc1ccc(C(N)CSCCN(C)C)cc1OC. The molecule has 0 amide bonds. The molecule has 0 fully saturated rings. The van der Waals surface area contributed by atoms with Crippen molar-refractivity contribution in [3.8, 4) is 11.5 Å². The van der Waals surface area contributed by atoms with Crippen LogP contribution in [-0.2, 0) is 0 Å². The highest BCUT2D eigenvalue weighted by molar-refractivity contribution is 7.99. The molecule has 1 atom stereocenters. The Hall–Kier alpha value is -0.910. The highest BCUT2D eigenvalue weighted by Crippen LogP contribution is 2.30. The van der Waals surface area contributed by atoms with E-state index in [9.17, 15) is 0 Å². The van der Waals surface area contributed by atoms with Gasteiger partial charge < -0.3 is 20.1 Å². The summed E-state index contributed by atoms with van der Waals surface area (Å²) in [6, 6.07) is 5.87. The minimum atomic E-state index is 0.0203. The molecule has 1 aromatic rings. The number of rotatable bonds is 8. The summed E-state index contributed by atoms with van der Waals surface area (Å²) in [6.07, 6.45) is 0. The molecule has 0 aliphatic heterocycles. The molecule has 0 aromatic heterocycles. The predicted octanol–water partition coefficient (Wildman–Crippen LogP) is 2.00. The third-order valence-electron chi connectivity index (χ3n) is 2.82. The average molecular weight is 284 g/mol. The lowest BCUT2D eigenvalue weighted by atomic mass is 10.1. The zero-order valence-electron chi connectivity index (χ0n) is 12.2. The van der Waals surface area contributed by atoms with Crippen LogP contribution in [-0.4, -0.2) is 51.3 Å². The number of nitrogens with zero attached hydrogens (tertiary/aromatic N) is 1. The molecule has 0 radical (unpaired) electrons. The Morgan fingerprint density at radius 2 is 1.89 bits per heavy atom. The van der Waals surface area contributed by atoms with Gasteiger partial charge in [-0.1, -0.05) is 6.07 Å². The summed E-state index contributed by atoms with van der Waals surface area (Å²) in [5, 5.41) is 0. The van der Waals surface area contributed by atoms with Crippen molar-refractivity contribution in [3.63, 3.8) is 0 Å². The molecule has 5 heteroatoms. The largest absolute Gasteiger partial charge is 0.493 e. The number of nitrogens with two attached hydrogens (primary N) is 1. The summed E-state index contributed by atoms with van der Waals surface area (Å²) < 4.78 is 10.5. The quantitative estimate of drug-likeness (QED) is 0.740. The van der Waals surface area contributed by atoms with Crippen molar-refractivity contribution in [2.24, 2.45) is 5.73 Å². The maximum atomic E-state index is 6.20. The molecule has 0 heterocycles. The van der Waals surface area contributed by atoms with Crippen LogP contribution in [0.4, 0.5) is 0 Å². The van der Waals surface area contributed by atoms with Gasteiger partial charge in [0.05, 0.1) is 14.2 Å². The molecule has 0 spiro atoms. The molecule has 0 bridgehead atoms. The van der Waals surface area contributed by atoms with E-state index in [2.05, 4.69) is 19.0 Å². The number of hydrogen-bond acceptors (Lipinski definition) is 5. The van der Waals surface area contributed by atoms with Gasteiger partial charge in [-0.05, 0) is 31.8 Å². The molecular formula is C14H24N2O2S. The first kappa shape index (κ1) is 16.1. The molecule has 19 heavy (non-hydrogen) atoms. The Morgan fingerprint density at radius 1 is 1.21 bits per heavy atom. The summed E-state index contributed by atoms with van der Waals surface area (Å²) in [4.78, 5) is 2.18. The molecular weight excluding hydrogens is 260 g/mol. The minimum Gasteiger partial charge on any atom is -0.493 e. The van der Waals surface area contributed by atoms with Crippen LogP contribution in [0.25, 0.3) is 0 Å². The third kappa shape index (κ3) is 5.30. The fourth-order valence-corrected chi connectivity index (χ4v) is 2.74. The molecule has 2 N–H and O–H groups in total. The van der Waals surface area contributed by atoms with Crippen molar-refractivity contribution < 1.29 is 9.47 Å². The van der Waals surface area contributed by atoms with Gasteiger partial charge in [0, 0.05) is 24.1 Å². The van der Waals surface area contributed by atoms with Crippen molar-refractivity contribution in [2.75, 3.05) is 46.4 Å². The molecule has 0 saturated heterocycles. The standard InChI is InChI=1S/C14H24N2O2S/c1-16(2)7-8-19-10-12(15)11-5-6-13(17-3)14(9-11)18-4/h5-6,9,12H,7-8,10,15H2,1-4H3. The van der Waals surface area contributed by atoms with Crippen molar-refractivity contribution in [3.05, 3.63) is 23.8 Å². The van der Waals surface area contributed by atoms with E-state index in [0.717, 1.165) is 35.1 Å². The number of hydrogen-bond donors (Lipinski definition) is 1. The normalized spacial score (nSPS) is 12.5. The maximum absolute atomic E-state index is 6.20. The van der Waals surface area contributed by atoms with Crippen LogP contribution in [0.3, 0.4) is 0 Å². The average Bonchev–Trinajstić information content (AvgIpc) is 2.42. The summed E-state index contributed by atoms with van der Waals surface area (Å²) in [5.74, 6) is 3.46. The number of ether oxygens (including phenoxy) is 2. The predicted molar refractivity (Wildman–Crippen MR) is 82.4 cm³/mol. The van der Waals surface area contributed by atoms with E-state index in [-0.39, 0.29) is 6.04 Å². The van der Waals surface area contributed by atoms with Crippen LogP contribution in [0.5, 0.6) is 11.5 Å². The number of methoxy groups -OCH3 is 2. The first-order valence-corrected chi connectivity index (χ1v) is 7.44. The summed E-state index contributed by atoms with van der Waals surface area (Å²) in [5.41, 5.74) is 7.27. The Labute approximate surface area is 120 Å². The van der Waals surface area contributed by atoms with E-state index in [0.29, 0.717) is 0 Å². The fraction of sp³-hybridized carbons (Fsp3) is 0.571. The molecule has 0 aliphatic rings. The molecule has 1 rings (SSSR count). The smallest absolute Gasteiger partial charge is 0.161 e. The van der Waals surface area contributed by atoms with Gasteiger partial charge in [-0.2, -0.15) is 11.8 Å². The second kappa shape index (κ2) is 8.30. The lowest BCUT2D eigenvalue weighted by molar-refractivity contribution is 0.354. The Balaban J connectivity index is 2.54. The van der Waals surface area contributed by atoms with Crippen molar-refractivity contribution >= 4 is 11.8 Å². The summed E-state index contributed by atoms with van der Waals surface area (Å²) in [6.45, 7) is 1.07. The van der Waals surface area contributed by atoms with Gasteiger partial charge in [0.1, 0.15) is 0 Å². The van der Waals surface area contributed by atoms with Crippen molar-refractivity contribution in [1.29, 1.82) is 0 Å². The monoisotopic (exact) mass is 284 g/mol. The van der Waals surface area contributed by atoms with Gasteiger partial charge in [-0.25, -0.2) is 0 Å². The second-order valence-electron chi connectivity index (χ2n) is 4.60. The lowest BCUT2D eigenvalue weighted by Gasteiger charge is -2.15. The van der Waals surface area contributed by atoms with Crippen molar-refractivity contribution in [2.45, 2.75) is 6.04 Å². The fourth-order valence-electron chi connectivity index (χ4n) is 1.64. The minimum absolute atomic E-state index is 0.0203. The zero-order valence-corrected chi connectivity index (χ0v) is 13.0. The van der Waals surface area contributed by atoms with Crippen LogP contribution in [0.1, 0.15) is 11.6 Å². The van der Waals surface area contributed by atoms with E-state index in [1.165, 1.54) is 0 Å². The zero-order chi connectivity index (χ0) is 14.3. The van der Waals surface area contributed by atoms with Crippen LogP contribution in [0.2, 0.25) is 0 Å². The van der Waals surface area contributed by atoms with Gasteiger partial charge in [0.2, 0.25) is 0 Å². The Bertz CT molecular complexity index is 386.